The van der Waals surface area contributed by atoms with Crippen molar-refractivity contribution < 1.29 is 32.2 Å². The molecule has 1 aromatic rings. The van der Waals surface area contributed by atoms with E-state index in [4.69, 9.17) is 0 Å². The van der Waals surface area contributed by atoms with Crippen molar-refractivity contribution >= 4 is 5.91 Å². The van der Waals surface area contributed by atoms with Crippen LogP contribution in [0.3, 0.4) is 0 Å². The van der Waals surface area contributed by atoms with Crippen LogP contribution in [0.2, 0.25) is 0 Å². The summed E-state index contributed by atoms with van der Waals surface area (Å²) in [5, 5.41) is 11.0. The van der Waals surface area contributed by atoms with Gasteiger partial charge in [-0.2, -0.15) is 13.2 Å². The Morgan fingerprint density at radius 3 is 2.26 bits per heavy atom. The van der Waals surface area contributed by atoms with Gasteiger partial charge in [0.15, 0.2) is 6.29 Å². The topological polar surface area (TPSA) is 58.6 Å². The highest BCUT2D eigenvalue weighted by Gasteiger charge is 2.41. The fourth-order valence-corrected chi connectivity index (χ4v) is 1.35. The van der Waals surface area contributed by atoms with Crippen LogP contribution in [0, 0.1) is 5.82 Å². The molecule has 0 aliphatic rings. The maximum Gasteiger partial charge on any atom is 0.471 e. The first kappa shape index (κ1) is 15.4. The number of carbonyl (C=O) groups is 1. The summed E-state index contributed by atoms with van der Waals surface area (Å²) in [6, 6.07) is 2.80. The van der Waals surface area contributed by atoms with E-state index in [9.17, 15) is 27.5 Å². The van der Waals surface area contributed by atoms with Crippen molar-refractivity contribution in [2.45, 2.75) is 18.5 Å². The van der Waals surface area contributed by atoms with Crippen LogP contribution in [-0.2, 0) is 9.53 Å². The molecule has 0 fully saturated rings. The Labute approximate surface area is 106 Å². The lowest BCUT2D eigenvalue weighted by Crippen LogP contribution is -2.43. The van der Waals surface area contributed by atoms with Crippen LogP contribution in [0.4, 0.5) is 17.6 Å². The van der Waals surface area contributed by atoms with Gasteiger partial charge in [-0.1, -0.05) is 12.1 Å². The molecule has 106 valence electrons. The van der Waals surface area contributed by atoms with Crippen LogP contribution in [-0.4, -0.2) is 30.6 Å². The second-order valence-electron chi connectivity index (χ2n) is 3.63. The number of methoxy groups -OCH3 is 1. The number of benzene rings is 1. The summed E-state index contributed by atoms with van der Waals surface area (Å²) < 4.78 is 53.7. The smallest absolute Gasteiger partial charge is 0.366 e. The summed E-state index contributed by atoms with van der Waals surface area (Å²) in [4.78, 5) is 10.9. The van der Waals surface area contributed by atoms with E-state index in [1.165, 1.54) is 0 Å². The van der Waals surface area contributed by atoms with E-state index in [0.717, 1.165) is 31.4 Å². The lowest BCUT2D eigenvalue weighted by atomic mass is 10.1. The SMILES string of the molecule is COC(O)C(NC(=O)C(F)(F)F)c1ccc(F)cc1. The number of carbonyl (C=O) groups excluding carboxylic acids is 1. The summed E-state index contributed by atoms with van der Waals surface area (Å²) in [6.45, 7) is 0. The molecule has 4 nitrogen and oxygen atoms in total. The molecule has 0 bridgehead atoms. The van der Waals surface area contributed by atoms with E-state index in [0.29, 0.717) is 0 Å². The number of nitrogens with one attached hydrogen (secondary N) is 1. The molecule has 8 heteroatoms. The number of rotatable bonds is 4. The van der Waals surface area contributed by atoms with E-state index in [1.807, 2.05) is 0 Å². The average Bonchev–Trinajstić information content (AvgIpc) is 2.35. The van der Waals surface area contributed by atoms with Crippen molar-refractivity contribution in [2.24, 2.45) is 0 Å². The molecule has 19 heavy (non-hydrogen) atoms. The van der Waals surface area contributed by atoms with Gasteiger partial charge in [0.1, 0.15) is 11.9 Å². The molecule has 0 spiro atoms. The summed E-state index contributed by atoms with van der Waals surface area (Å²) in [6.07, 6.45) is -6.79. The Morgan fingerprint density at radius 2 is 1.84 bits per heavy atom. The number of halogens is 4. The van der Waals surface area contributed by atoms with Crippen molar-refractivity contribution in [1.82, 2.24) is 5.32 Å². The standard InChI is InChI=1S/C11H11F4NO3/c1-19-9(17)8(16-10(18)11(13,14)15)6-2-4-7(12)5-3-6/h2-5,8-9,17H,1H3,(H,16,18). The Kier molecular flexibility index (Phi) is 4.84. The summed E-state index contributed by atoms with van der Waals surface area (Å²) in [7, 11) is 1.06. The summed E-state index contributed by atoms with van der Waals surface area (Å²) in [5.41, 5.74) is 0.0772. The fourth-order valence-electron chi connectivity index (χ4n) is 1.35. The van der Waals surface area contributed by atoms with Crippen molar-refractivity contribution in [2.75, 3.05) is 7.11 Å². The molecule has 0 heterocycles. The van der Waals surface area contributed by atoms with Crippen LogP contribution >= 0.6 is 0 Å². The highest BCUT2D eigenvalue weighted by Crippen LogP contribution is 2.22. The van der Waals surface area contributed by atoms with E-state index < -0.39 is 30.2 Å². The first-order chi connectivity index (χ1) is 8.75. The maximum absolute atomic E-state index is 12.7. The van der Waals surface area contributed by atoms with E-state index in [-0.39, 0.29) is 5.56 Å². The van der Waals surface area contributed by atoms with Crippen LogP contribution in [0.5, 0.6) is 0 Å². The number of hydrogen-bond acceptors (Lipinski definition) is 3. The second-order valence-corrected chi connectivity index (χ2v) is 3.63. The third kappa shape index (κ3) is 4.18. The van der Waals surface area contributed by atoms with Crippen molar-refractivity contribution in [3.8, 4) is 0 Å². The first-order valence-corrected chi connectivity index (χ1v) is 5.09. The Morgan fingerprint density at radius 1 is 1.32 bits per heavy atom. The zero-order chi connectivity index (χ0) is 14.6. The monoisotopic (exact) mass is 281 g/mol. The predicted octanol–water partition coefficient (Wildman–Crippen LogP) is 1.51. The molecule has 2 N–H and O–H groups in total. The number of aliphatic hydroxyl groups excluding tert-OH is 1. The van der Waals surface area contributed by atoms with E-state index in [1.54, 1.807) is 5.32 Å². The van der Waals surface area contributed by atoms with E-state index in [2.05, 4.69) is 4.74 Å². The van der Waals surface area contributed by atoms with Crippen LogP contribution in [0.25, 0.3) is 0 Å². The lowest BCUT2D eigenvalue weighted by Gasteiger charge is -2.23. The van der Waals surface area contributed by atoms with E-state index >= 15 is 0 Å². The first-order valence-electron chi connectivity index (χ1n) is 5.09. The quantitative estimate of drug-likeness (QED) is 0.649. The zero-order valence-electron chi connectivity index (χ0n) is 9.74. The third-order valence-electron chi connectivity index (χ3n) is 2.30. The highest BCUT2D eigenvalue weighted by molar-refractivity contribution is 5.82. The van der Waals surface area contributed by atoms with Gasteiger partial charge in [0, 0.05) is 7.11 Å². The number of amides is 1. The van der Waals surface area contributed by atoms with Gasteiger partial charge in [0.05, 0.1) is 0 Å². The van der Waals surface area contributed by atoms with Crippen LogP contribution < -0.4 is 5.32 Å². The van der Waals surface area contributed by atoms with Gasteiger partial charge in [0.2, 0.25) is 0 Å². The second kappa shape index (κ2) is 5.98. The molecular weight excluding hydrogens is 270 g/mol. The molecule has 0 aliphatic carbocycles. The largest absolute Gasteiger partial charge is 0.471 e. The zero-order valence-corrected chi connectivity index (χ0v) is 9.74. The molecule has 0 saturated heterocycles. The Bertz CT molecular complexity index is 433. The molecule has 0 aromatic heterocycles. The molecule has 1 amide bonds. The number of alkyl halides is 3. The summed E-state index contributed by atoms with van der Waals surface area (Å²) >= 11 is 0. The minimum Gasteiger partial charge on any atom is -0.366 e. The Balaban J connectivity index is 2.96. The minimum atomic E-state index is -5.09. The van der Waals surface area contributed by atoms with Gasteiger partial charge >= 0.3 is 12.1 Å². The average molecular weight is 281 g/mol. The van der Waals surface area contributed by atoms with Crippen LogP contribution in [0.1, 0.15) is 11.6 Å². The molecule has 2 atom stereocenters. The van der Waals surface area contributed by atoms with Crippen molar-refractivity contribution in [3.63, 3.8) is 0 Å². The highest BCUT2D eigenvalue weighted by atomic mass is 19.4. The number of hydrogen-bond donors (Lipinski definition) is 2. The van der Waals surface area contributed by atoms with Gasteiger partial charge in [0.25, 0.3) is 0 Å². The molecule has 1 rings (SSSR count). The molecule has 0 aliphatic heterocycles. The third-order valence-corrected chi connectivity index (χ3v) is 2.30. The number of ether oxygens (including phenoxy) is 1. The van der Waals surface area contributed by atoms with Crippen molar-refractivity contribution in [1.29, 1.82) is 0 Å². The number of aliphatic hydroxyl groups is 1. The molecule has 0 radical (unpaired) electrons. The lowest BCUT2D eigenvalue weighted by molar-refractivity contribution is -0.178. The van der Waals surface area contributed by atoms with Gasteiger partial charge in [-0.25, -0.2) is 4.39 Å². The predicted molar refractivity (Wildman–Crippen MR) is 56.4 cm³/mol. The van der Waals surface area contributed by atoms with Gasteiger partial charge in [-0.05, 0) is 17.7 Å². The van der Waals surface area contributed by atoms with Crippen LogP contribution in [0.15, 0.2) is 24.3 Å². The summed E-state index contributed by atoms with van der Waals surface area (Å²) in [5.74, 6) is -2.82. The van der Waals surface area contributed by atoms with Gasteiger partial charge < -0.3 is 15.2 Å². The normalized spacial score (nSPS) is 14.8. The molecule has 0 saturated carbocycles. The van der Waals surface area contributed by atoms with Gasteiger partial charge in [-0.3, -0.25) is 4.79 Å². The minimum absolute atomic E-state index is 0.0772. The molecular formula is C11H11F4NO3. The maximum atomic E-state index is 12.7. The van der Waals surface area contributed by atoms with Gasteiger partial charge in [-0.15, -0.1) is 0 Å². The molecule has 2 unspecified atom stereocenters. The van der Waals surface area contributed by atoms with Crippen molar-refractivity contribution in [3.05, 3.63) is 35.6 Å². The Hall–Kier alpha value is -1.67. The molecule has 1 aromatic carbocycles. The fraction of sp³-hybridized carbons (Fsp3) is 0.364.